The molecule has 6 heteroatoms. The number of ether oxygens (including phenoxy) is 2. The normalized spacial score (nSPS) is 14.0. The number of hydrogen-bond acceptors (Lipinski definition) is 4. The molecule has 4 rings (SSSR count). The first-order valence-corrected chi connectivity index (χ1v) is 9.92. The summed E-state index contributed by atoms with van der Waals surface area (Å²) < 4.78 is 11.4. The van der Waals surface area contributed by atoms with Gasteiger partial charge in [-0.25, -0.2) is 0 Å². The first-order chi connectivity index (χ1) is 14.2. The molecule has 29 heavy (non-hydrogen) atoms. The van der Waals surface area contributed by atoms with Gasteiger partial charge in [-0.05, 0) is 35.4 Å². The van der Waals surface area contributed by atoms with Gasteiger partial charge in [-0.1, -0.05) is 48.0 Å². The Kier molecular flexibility index (Phi) is 5.96. The number of amides is 1. The number of benzene rings is 2. The number of pyridine rings is 1. The van der Waals surface area contributed by atoms with E-state index >= 15 is 0 Å². The summed E-state index contributed by atoms with van der Waals surface area (Å²) >= 11 is 6.35. The molecule has 0 radical (unpaired) electrons. The van der Waals surface area contributed by atoms with Gasteiger partial charge in [0, 0.05) is 12.6 Å². The number of carbonyl (C=O) groups is 1. The number of halogens is 1. The van der Waals surface area contributed by atoms with Crippen molar-refractivity contribution in [2.75, 3.05) is 13.2 Å². The van der Waals surface area contributed by atoms with Crippen molar-refractivity contribution in [2.24, 2.45) is 0 Å². The van der Waals surface area contributed by atoms with Gasteiger partial charge in [0.25, 0.3) is 0 Å². The number of rotatable bonds is 5. The van der Waals surface area contributed by atoms with Crippen molar-refractivity contribution in [3.05, 3.63) is 88.7 Å². The zero-order valence-corrected chi connectivity index (χ0v) is 16.6. The van der Waals surface area contributed by atoms with Gasteiger partial charge in [0.05, 0.1) is 36.4 Å². The van der Waals surface area contributed by atoms with Crippen LogP contribution in [0.1, 0.15) is 29.3 Å². The minimum absolute atomic E-state index is 0.130. The molecule has 0 saturated carbocycles. The van der Waals surface area contributed by atoms with Gasteiger partial charge >= 0.3 is 0 Å². The van der Waals surface area contributed by atoms with Crippen molar-refractivity contribution in [2.45, 2.75) is 18.9 Å². The quantitative estimate of drug-likeness (QED) is 0.682. The molecule has 0 spiro atoms. The zero-order chi connectivity index (χ0) is 20.1. The third-order valence-electron chi connectivity index (χ3n) is 4.65. The van der Waals surface area contributed by atoms with E-state index in [1.165, 1.54) is 0 Å². The third kappa shape index (κ3) is 4.69. The summed E-state index contributed by atoms with van der Waals surface area (Å²) in [6, 6.07) is 18.7. The van der Waals surface area contributed by atoms with Crippen LogP contribution in [0.2, 0.25) is 5.02 Å². The molecule has 0 bridgehead atoms. The van der Waals surface area contributed by atoms with Gasteiger partial charge in [-0.2, -0.15) is 0 Å². The standard InChI is InChI=1S/C23H21ClN2O3/c24-18-13-16(14-20-23(18)29-12-6-11-28-20)15-21(27)26-22(17-7-2-1-3-8-17)19-9-4-5-10-25-19/h1-5,7-10,13-14,22H,6,11-12,15H2,(H,26,27)/t22-/m1/s1. The van der Waals surface area contributed by atoms with Crippen LogP contribution < -0.4 is 14.8 Å². The molecular formula is C23H21ClN2O3. The van der Waals surface area contributed by atoms with E-state index in [0.29, 0.717) is 29.7 Å². The lowest BCUT2D eigenvalue weighted by Crippen LogP contribution is -2.31. The van der Waals surface area contributed by atoms with Crippen LogP contribution in [0.15, 0.2) is 66.9 Å². The summed E-state index contributed by atoms with van der Waals surface area (Å²) in [5.41, 5.74) is 2.52. The average molecular weight is 409 g/mol. The number of nitrogens with zero attached hydrogens (tertiary/aromatic N) is 1. The highest BCUT2D eigenvalue weighted by Gasteiger charge is 2.20. The first-order valence-electron chi connectivity index (χ1n) is 9.54. The van der Waals surface area contributed by atoms with Gasteiger partial charge < -0.3 is 14.8 Å². The molecule has 1 aliphatic rings. The second-order valence-corrected chi connectivity index (χ2v) is 7.21. The Labute approximate surface area is 174 Å². The van der Waals surface area contributed by atoms with E-state index < -0.39 is 0 Å². The van der Waals surface area contributed by atoms with Crippen LogP contribution in [-0.2, 0) is 11.2 Å². The molecular weight excluding hydrogens is 388 g/mol. The topological polar surface area (TPSA) is 60.5 Å². The van der Waals surface area contributed by atoms with E-state index in [4.69, 9.17) is 21.1 Å². The summed E-state index contributed by atoms with van der Waals surface area (Å²) in [5.74, 6) is 1.00. The highest BCUT2D eigenvalue weighted by molar-refractivity contribution is 6.32. The molecule has 0 saturated heterocycles. The lowest BCUT2D eigenvalue weighted by Gasteiger charge is -2.19. The van der Waals surface area contributed by atoms with E-state index in [1.54, 1.807) is 12.3 Å². The Hall–Kier alpha value is -3.05. The minimum Gasteiger partial charge on any atom is -0.489 e. The highest BCUT2D eigenvalue weighted by Crippen LogP contribution is 2.38. The van der Waals surface area contributed by atoms with Gasteiger partial charge in [0.1, 0.15) is 0 Å². The Morgan fingerprint density at radius 1 is 1.07 bits per heavy atom. The fourth-order valence-corrected chi connectivity index (χ4v) is 3.59. The smallest absolute Gasteiger partial charge is 0.225 e. The molecule has 1 N–H and O–H groups in total. The SMILES string of the molecule is O=C(Cc1cc(Cl)c2c(c1)OCCCO2)N[C@H](c1ccccc1)c1ccccn1. The second-order valence-electron chi connectivity index (χ2n) is 6.80. The number of hydrogen-bond donors (Lipinski definition) is 1. The van der Waals surface area contributed by atoms with Gasteiger partial charge in [-0.15, -0.1) is 0 Å². The second kappa shape index (κ2) is 8.97. The van der Waals surface area contributed by atoms with Gasteiger partial charge in [0.15, 0.2) is 11.5 Å². The van der Waals surface area contributed by atoms with Crippen LogP contribution in [0, 0.1) is 0 Å². The van der Waals surface area contributed by atoms with Gasteiger partial charge in [0.2, 0.25) is 5.91 Å². The van der Waals surface area contributed by atoms with Crippen molar-refractivity contribution in [1.29, 1.82) is 0 Å². The zero-order valence-electron chi connectivity index (χ0n) is 15.8. The summed E-state index contributed by atoms with van der Waals surface area (Å²) in [5, 5.41) is 3.55. The van der Waals surface area contributed by atoms with Crippen molar-refractivity contribution < 1.29 is 14.3 Å². The Bertz CT molecular complexity index is 941. The Morgan fingerprint density at radius 3 is 2.66 bits per heavy atom. The highest BCUT2D eigenvalue weighted by atomic mass is 35.5. The first kappa shape index (κ1) is 19.3. The fourth-order valence-electron chi connectivity index (χ4n) is 3.30. The Morgan fingerprint density at radius 2 is 1.86 bits per heavy atom. The molecule has 148 valence electrons. The molecule has 1 atom stereocenters. The molecule has 1 amide bonds. The Balaban J connectivity index is 1.54. The molecule has 0 fully saturated rings. The van der Waals surface area contributed by atoms with Crippen LogP contribution in [0.25, 0.3) is 0 Å². The fraction of sp³-hybridized carbons (Fsp3) is 0.217. The monoisotopic (exact) mass is 408 g/mol. The molecule has 2 heterocycles. The number of fused-ring (bicyclic) bond motifs is 1. The van der Waals surface area contributed by atoms with Crippen LogP contribution in [0.4, 0.5) is 0 Å². The van der Waals surface area contributed by atoms with E-state index in [0.717, 1.165) is 23.2 Å². The molecule has 1 aromatic heterocycles. The summed E-state index contributed by atoms with van der Waals surface area (Å²) in [4.78, 5) is 17.3. The molecule has 0 aliphatic carbocycles. The van der Waals surface area contributed by atoms with E-state index in [2.05, 4.69) is 10.3 Å². The summed E-state index contributed by atoms with van der Waals surface area (Å²) in [7, 11) is 0. The van der Waals surface area contributed by atoms with Crippen molar-refractivity contribution in [3.8, 4) is 11.5 Å². The molecule has 3 aromatic rings. The van der Waals surface area contributed by atoms with E-state index in [-0.39, 0.29) is 18.4 Å². The minimum atomic E-state index is -0.333. The molecule has 1 aliphatic heterocycles. The van der Waals surface area contributed by atoms with Crippen molar-refractivity contribution >= 4 is 17.5 Å². The largest absolute Gasteiger partial charge is 0.489 e. The molecule has 5 nitrogen and oxygen atoms in total. The number of aromatic nitrogens is 1. The van der Waals surface area contributed by atoms with Crippen LogP contribution >= 0.6 is 11.6 Å². The van der Waals surface area contributed by atoms with Crippen LogP contribution in [0.3, 0.4) is 0 Å². The maximum Gasteiger partial charge on any atom is 0.225 e. The number of carbonyl (C=O) groups excluding carboxylic acids is 1. The maximum atomic E-state index is 12.9. The summed E-state index contributed by atoms with van der Waals surface area (Å²) in [6.07, 6.45) is 2.69. The molecule has 0 unspecified atom stereocenters. The van der Waals surface area contributed by atoms with Crippen LogP contribution in [-0.4, -0.2) is 24.1 Å². The third-order valence-corrected chi connectivity index (χ3v) is 4.93. The lowest BCUT2D eigenvalue weighted by molar-refractivity contribution is -0.121. The van der Waals surface area contributed by atoms with E-state index in [1.807, 2.05) is 54.6 Å². The predicted octanol–water partition coefficient (Wildman–Crippen LogP) is 4.34. The van der Waals surface area contributed by atoms with Crippen LogP contribution in [0.5, 0.6) is 11.5 Å². The average Bonchev–Trinajstić information content (AvgIpc) is 2.99. The van der Waals surface area contributed by atoms with E-state index in [9.17, 15) is 4.79 Å². The van der Waals surface area contributed by atoms with Gasteiger partial charge in [-0.3, -0.25) is 9.78 Å². The molecule has 2 aromatic carbocycles. The predicted molar refractivity (Wildman–Crippen MR) is 111 cm³/mol. The van der Waals surface area contributed by atoms with Crippen molar-refractivity contribution in [3.63, 3.8) is 0 Å². The maximum absolute atomic E-state index is 12.9. The lowest BCUT2D eigenvalue weighted by atomic mass is 10.0. The van der Waals surface area contributed by atoms with Crippen molar-refractivity contribution in [1.82, 2.24) is 10.3 Å². The summed E-state index contributed by atoms with van der Waals surface area (Å²) in [6.45, 7) is 1.13. The number of nitrogens with one attached hydrogen (secondary N) is 1.